The second-order valence-electron chi connectivity index (χ2n) is 5.46. The van der Waals surface area contributed by atoms with Gasteiger partial charge in [-0.15, -0.1) is 0 Å². The third-order valence-corrected chi connectivity index (χ3v) is 3.75. The summed E-state index contributed by atoms with van der Waals surface area (Å²) in [4.78, 5) is 13.8. The summed E-state index contributed by atoms with van der Waals surface area (Å²) >= 11 is 0. The lowest BCUT2D eigenvalue weighted by Crippen LogP contribution is -2.24. The summed E-state index contributed by atoms with van der Waals surface area (Å²) in [6, 6.07) is 15.2. The van der Waals surface area contributed by atoms with Gasteiger partial charge in [-0.2, -0.15) is 0 Å². The molecule has 0 saturated heterocycles. The summed E-state index contributed by atoms with van der Waals surface area (Å²) in [5, 5.41) is 10.2. The van der Waals surface area contributed by atoms with Gasteiger partial charge < -0.3 is 10.0 Å². The molecule has 0 fully saturated rings. The van der Waals surface area contributed by atoms with E-state index < -0.39 is 0 Å². The minimum Gasteiger partial charge on any atom is -0.508 e. The van der Waals surface area contributed by atoms with Crippen molar-refractivity contribution in [1.82, 2.24) is 4.90 Å². The van der Waals surface area contributed by atoms with Gasteiger partial charge >= 0.3 is 0 Å². The van der Waals surface area contributed by atoms with E-state index in [0.717, 1.165) is 16.7 Å². The molecule has 0 aliphatic heterocycles. The first kappa shape index (κ1) is 22.7. The SMILES string of the molecule is CC.CC.Cc1ccccc1[C@H](CC(=O)N(C)C)c1ccccc1O. The molecule has 0 saturated carbocycles. The van der Waals surface area contributed by atoms with Crippen LogP contribution in [0.1, 0.15) is 56.7 Å². The van der Waals surface area contributed by atoms with Crippen LogP contribution in [0, 0.1) is 6.92 Å². The molecule has 0 radical (unpaired) electrons. The van der Waals surface area contributed by atoms with Gasteiger partial charge in [0.05, 0.1) is 0 Å². The van der Waals surface area contributed by atoms with Gasteiger partial charge in [0.15, 0.2) is 0 Å². The second-order valence-corrected chi connectivity index (χ2v) is 5.46. The Bertz CT molecular complexity index is 590. The highest BCUT2D eigenvalue weighted by Gasteiger charge is 2.22. The topological polar surface area (TPSA) is 40.5 Å². The molecule has 138 valence electrons. The van der Waals surface area contributed by atoms with Gasteiger partial charge in [-0.05, 0) is 24.1 Å². The first-order chi connectivity index (χ1) is 12.0. The van der Waals surface area contributed by atoms with Crippen LogP contribution >= 0.6 is 0 Å². The fourth-order valence-corrected chi connectivity index (χ4v) is 2.50. The number of nitrogens with zero attached hydrogens (tertiary/aromatic N) is 1. The molecule has 2 rings (SSSR count). The lowest BCUT2D eigenvalue weighted by molar-refractivity contribution is -0.128. The van der Waals surface area contributed by atoms with Crippen LogP contribution < -0.4 is 0 Å². The van der Waals surface area contributed by atoms with Crippen LogP contribution in [-0.4, -0.2) is 30.0 Å². The number of rotatable bonds is 4. The quantitative estimate of drug-likeness (QED) is 0.811. The molecular formula is C22H33NO2. The van der Waals surface area contributed by atoms with Crippen LogP contribution in [0.2, 0.25) is 0 Å². The van der Waals surface area contributed by atoms with E-state index in [9.17, 15) is 9.90 Å². The monoisotopic (exact) mass is 343 g/mol. The summed E-state index contributed by atoms with van der Waals surface area (Å²) in [6.45, 7) is 10.0. The van der Waals surface area contributed by atoms with Crippen molar-refractivity contribution in [1.29, 1.82) is 0 Å². The Kier molecular flexibility index (Phi) is 11.0. The number of benzene rings is 2. The van der Waals surface area contributed by atoms with Crippen LogP contribution in [0.5, 0.6) is 5.75 Å². The molecule has 0 aliphatic rings. The van der Waals surface area contributed by atoms with Gasteiger partial charge in [-0.25, -0.2) is 0 Å². The van der Waals surface area contributed by atoms with Gasteiger partial charge in [0.1, 0.15) is 5.75 Å². The van der Waals surface area contributed by atoms with Crippen molar-refractivity contribution in [3.8, 4) is 5.75 Å². The van der Waals surface area contributed by atoms with Crippen LogP contribution in [-0.2, 0) is 4.79 Å². The molecule has 25 heavy (non-hydrogen) atoms. The molecule has 3 heteroatoms. The van der Waals surface area contributed by atoms with Crippen molar-refractivity contribution >= 4 is 5.91 Å². The van der Waals surface area contributed by atoms with Crippen LogP contribution in [0.25, 0.3) is 0 Å². The highest BCUT2D eigenvalue weighted by atomic mass is 16.3. The fourth-order valence-electron chi connectivity index (χ4n) is 2.50. The first-order valence-electron chi connectivity index (χ1n) is 9.04. The summed E-state index contributed by atoms with van der Waals surface area (Å²) in [5.41, 5.74) is 2.99. The zero-order valence-electron chi connectivity index (χ0n) is 16.7. The number of aryl methyl sites for hydroxylation is 1. The van der Waals surface area contributed by atoms with Gasteiger partial charge in [-0.3, -0.25) is 4.79 Å². The molecule has 1 N–H and O–H groups in total. The zero-order valence-corrected chi connectivity index (χ0v) is 16.7. The third kappa shape index (κ3) is 6.61. The largest absolute Gasteiger partial charge is 0.508 e. The Hall–Kier alpha value is -2.29. The lowest BCUT2D eigenvalue weighted by Gasteiger charge is -2.22. The maximum absolute atomic E-state index is 12.2. The molecule has 1 amide bonds. The third-order valence-electron chi connectivity index (χ3n) is 3.75. The van der Waals surface area contributed by atoms with Gasteiger partial charge in [0.25, 0.3) is 0 Å². The normalized spacial score (nSPS) is 10.5. The highest BCUT2D eigenvalue weighted by molar-refractivity contribution is 5.77. The molecule has 0 heterocycles. The van der Waals surface area contributed by atoms with Gasteiger partial charge in [-0.1, -0.05) is 70.2 Å². The van der Waals surface area contributed by atoms with E-state index in [2.05, 4.69) is 0 Å². The van der Waals surface area contributed by atoms with Crippen molar-refractivity contribution in [2.75, 3.05) is 14.1 Å². The number of para-hydroxylation sites is 1. The summed E-state index contributed by atoms with van der Waals surface area (Å²) in [6.07, 6.45) is 0.343. The van der Waals surface area contributed by atoms with Crippen molar-refractivity contribution in [3.63, 3.8) is 0 Å². The standard InChI is InChI=1S/C18H21NO2.2C2H6/c1-13-8-4-5-9-14(13)16(12-18(21)19(2)3)15-10-6-7-11-17(15)20;2*1-2/h4-11,16,20H,12H2,1-3H3;2*1-2H3/t16-;;/m0../s1. The molecule has 0 bridgehead atoms. The van der Waals surface area contributed by atoms with Crippen molar-refractivity contribution < 1.29 is 9.90 Å². The minimum absolute atomic E-state index is 0.0477. The van der Waals surface area contributed by atoms with Gasteiger partial charge in [0.2, 0.25) is 5.91 Å². The van der Waals surface area contributed by atoms with Crippen molar-refractivity contribution in [3.05, 3.63) is 65.2 Å². The number of phenolic OH excluding ortho intramolecular Hbond substituents is 1. The molecule has 1 atom stereocenters. The Morgan fingerprint density at radius 2 is 1.40 bits per heavy atom. The van der Waals surface area contributed by atoms with Crippen LogP contribution in [0.15, 0.2) is 48.5 Å². The Morgan fingerprint density at radius 1 is 0.920 bits per heavy atom. The lowest BCUT2D eigenvalue weighted by atomic mass is 9.85. The smallest absolute Gasteiger partial charge is 0.223 e. The van der Waals surface area contributed by atoms with Crippen molar-refractivity contribution in [2.45, 2.75) is 47.0 Å². The zero-order chi connectivity index (χ0) is 19.4. The molecule has 0 aliphatic carbocycles. The maximum Gasteiger partial charge on any atom is 0.223 e. The summed E-state index contributed by atoms with van der Waals surface area (Å²) in [7, 11) is 3.50. The Morgan fingerprint density at radius 3 is 1.88 bits per heavy atom. The van der Waals surface area contributed by atoms with E-state index in [-0.39, 0.29) is 17.6 Å². The Labute approximate surface area is 153 Å². The number of aromatic hydroxyl groups is 1. The molecular weight excluding hydrogens is 310 g/mol. The number of carbonyl (C=O) groups is 1. The summed E-state index contributed by atoms with van der Waals surface area (Å²) in [5.74, 6) is 0.145. The van der Waals surface area contributed by atoms with E-state index in [1.807, 2.05) is 71.0 Å². The van der Waals surface area contributed by atoms with Crippen LogP contribution in [0.3, 0.4) is 0 Å². The number of hydrogen-bond acceptors (Lipinski definition) is 2. The fraction of sp³-hybridized carbons (Fsp3) is 0.409. The summed E-state index contributed by atoms with van der Waals surface area (Å²) < 4.78 is 0. The molecule has 2 aromatic rings. The molecule has 2 aromatic carbocycles. The van der Waals surface area contributed by atoms with E-state index in [1.54, 1.807) is 31.1 Å². The molecule has 0 spiro atoms. The second kappa shape index (κ2) is 12.1. The van der Waals surface area contributed by atoms with Crippen LogP contribution in [0.4, 0.5) is 0 Å². The molecule has 0 aromatic heterocycles. The predicted octanol–water partition coefficient (Wildman–Crippen LogP) is 5.36. The van der Waals surface area contributed by atoms with E-state index in [4.69, 9.17) is 0 Å². The first-order valence-corrected chi connectivity index (χ1v) is 9.04. The number of phenols is 1. The Balaban J connectivity index is 0.00000134. The predicted molar refractivity (Wildman–Crippen MR) is 107 cm³/mol. The number of amides is 1. The molecule has 3 nitrogen and oxygen atoms in total. The number of carbonyl (C=O) groups excluding carboxylic acids is 1. The highest BCUT2D eigenvalue weighted by Crippen LogP contribution is 2.35. The van der Waals surface area contributed by atoms with Crippen molar-refractivity contribution in [2.24, 2.45) is 0 Å². The number of hydrogen-bond donors (Lipinski definition) is 1. The van der Waals surface area contributed by atoms with E-state index in [1.165, 1.54) is 0 Å². The molecule has 0 unspecified atom stereocenters. The average Bonchev–Trinajstić information content (AvgIpc) is 2.64. The van der Waals surface area contributed by atoms with E-state index >= 15 is 0 Å². The average molecular weight is 344 g/mol. The minimum atomic E-state index is -0.137. The van der Waals surface area contributed by atoms with E-state index in [0.29, 0.717) is 6.42 Å². The van der Waals surface area contributed by atoms with Gasteiger partial charge in [0, 0.05) is 32.0 Å². The maximum atomic E-state index is 12.2.